The Morgan fingerprint density at radius 3 is 2.35 bits per heavy atom. The van der Waals surface area contributed by atoms with Crippen molar-refractivity contribution in [1.82, 2.24) is 15.2 Å². The summed E-state index contributed by atoms with van der Waals surface area (Å²) in [7, 11) is 0. The quantitative estimate of drug-likeness (QED) is 0.828. The predicted molar refractivity (Wildman–Crippen MR) is 120 cm³/mol. The van der Waals surface area contributed by atoms with E-state index >= 15 is 0 Å². The van der Waals surface area contributed by atoms with Crippen LogP contribution in [0, 0.1) is 6.92 Å². The van der Waals surface area contributed by atoms with Crippen LogP contribution in [0.2, 0.25) is 0 Å². The molecule has 0 spiro atoms. The van der Waals surface area contributed by atoms with Gasteiger partial charge in [-0.25, -0.2) is 4.98 Å². The lowest BCUT2D eigenvalue weighted by molar-refractivity contribution is -0.120. The highest BCUT2D eigenvalue weighted by Gasteiger charge is 2.31. The third kappa shape index (κ3) is 4.03. The molecule has 0 radical (unpaired) electrons. The molecule has 162 valence electrons. The molecule has 3 fully saturated rings. The molecule has 5 rings (SSSR count). The molecule has 2 aromatic rings. The van der Waals surface area contributed by atoms with E-state index in [1.54, 1.807) is 0 Å². The number of carbonyl (C=O) groups is 2. The zero-order chi connectivity index (χ0) is 21.5. The van der Waals surface area contributed by atoms with E-state index in [2.05, 4.69) is 23.2 Å². The Bertz CT molecular complexity index is 991. The summed E-state index contributed by atoms with van der Waals surface area (Å²) in [5.74, 6) is 1.79. The van der Waals surface area contributed by atoms with Gasteiger partial charge in [-0.3, -0.25) is 9.59 Å². The molecule has 2 saturated heterocycles. The smallest absolute Gasteiger partial charge is 0.253 e. The van der Waals surface area contributed by atoms with Crippen molar-refractivity contribution in [3.05, 3.63) is 58.8 Å². The van der Waals surface area contributed by atoms with Crippen molar-refractivity contribution >= 4 is 17.6 Å². The lowest BCUT2D eigenvalue weighted by Crippen LogP contribution is -2.49. The van der Waals surface area contributed by atoms with Gasteiger partial charge < -0.3 is 15.1 Å². The number of hydrogen-bond donors (Lipinski definition) is 1. The maximum Gasteiger partial charge on any atom is 0.253 e. The van der Waals surface area contributed by atoms with Gasteiger partial charge in [-0.2, -0.15) is 0 Å². The monoisotopic (exact) mass is 418 g/mol. The third-order valence-electron chi connectivity index (χ3n) is 6.84. The lowest BCUT2D eigenvalue weighted by atomic mass is 9.95. The number of amides is 2. The van der Waals surface area contributed by atoms with Crippen LogP contribution in [0.25, 0.3) is 0 Å². The summed E-state index contributed by atoms with van der Waals surface area (Å²) in [6.07, 6.45) is 5.41. The average molecular weight is 419 g/mol. The Kier molecular flexibility index (Phi) is 5.16. The van der Waals surface area contributed by atoms with Gasteiger partial charge in [-0.05, 0) is 67.9 Å². The minimum atomic E-state index is -0.107. The van der Waals surface area contributed by atoms with Gasteiger partial charge in [0.15, 0.2) is 0 Å². The Hall–Kier alpha value is -2.89. The first kappa shape index (κ1) is 20.0. The fraction of sp³-hybridized carbons (Fsp3) is 0.480. The number of aryl methyl sites for hydroxylation is 1. The number of hydrogen-bond acceptors (Lipinski definition) is 4. The molecule has 2 amide bonds. The maximum atomic E-state index is 13.0. The highest BCUT2D eigenvalue weighted by Crippen LogP contribution is 2.40. The van der Waals surface area contributed by atoms with Gasteiger partial charge in [0.25, 0.3) is 5.91 Å². The highest BCUT2D eigenvalue weighted by molar-refractivity contribution is 5.94. The predicted octanol–water partition coefficient (Wildman–Crippen LogP) is 3.22. The molecule has 1 aliphatic carbocycles. The number of nitrogens with zero attached hydrogens (tertiary/aromatic N) is 3. The SMILES string of the molecule is Cc1cc(C2CC2)cnc1N1CCN(C(=O)c2ccc([C@@H]3CC(C)NC3=O)cc2)CC1. The minimum Gasteiger partial charge on any atom is -0.353 e. The summed E-state index contributed by atoms with van der Waals surface area (Å²) in [5, 5.41) is 2.96. The Balaban J connectivity index is 1.20. The van der Waals surface area contributed by atoms with Gasteiger partial charge in [-0.15, -0.1) is 0 Å². The summed E-state index contributed by atoms with van der Waals surface area (Å²) in [4.78, 5) is 34.0. The van der Waals surface area contributed by atoms with Crippen LogP contribution in [0.1, 0.15) is 65.1 Å². The van der Waals surface area contributed by atoms with Crippen molar-refractivity contribution in [2.24, 2.45) is 0 Å². The van der Waals surface area contributed by atoms with Gasteiger partial charge in [0, 0.05) is 44.0 Å². The Morgan fingerprint density at radius 1 is 1.06 bits per heavy atom. The van der Waals surface area contributed by atoms with Gasteiger partial charge in [-0.1, -0.05) is 18.2 Å². The van der Waals surface area contributed by atoms with E-state index in [0.717, 1.165) is 30.9 Å². The van der Waals surface area contributed by atoms with Crippen molar-refractivity contribution < 1.29 is 9.59 Å². The van der Waals surface area contributed by atoms with Crippen molar-refractivity contribution in [1.29, 1.82) is 0 Å². The Morgan fingerprint density at radius 2 is 1.77 bits per heavy atom. The van der Waals surface area contributed by atoms with Crippen molar-refractivity contribution in [3.8, 4) is 0 Å². The van der Waals surface area contributed by atoms with Crippen LogP contribution < -0.4 is 10.2 Å². The largest absolute Gasteiger partial charge is 0.353 e. The van der Waals surface area contributed by atoms with Gasteiger partial charge >= 0.3 is 0 Å². The van der Waals surface area contributed by atoms with E-state index in [1.807, 2.05) is 42.3 Å². The Labute approximate surface area is 183 Å². The second kappa shape index (κ2) is 7.98. The molecule has 1 unspecified atom stereocenters. The molecule has 0 bridgehead atoms. The first-order valence-corrected chi connectivity index (χ1v) is 11.4. The standard InChI is InChI=1S/C25H30N4O2/c1-16-13-21(18-3-4-18)15-26-23(16)28-9-11-29(12-10-28)25(31)20-7-5-19(6-8-20)22-14-17(2)27-24(22)30/h5-8,13,15,17-18,22H,3-4,9-12,14H2,1-2H3,(H,27,30)/t17?,22-/m0/s1. The van der Waals surface area contributed by atoms with Gasteiger partial charge in [0.05, 0.1) is 5.92 Å². The number of anilines is 1. The number of pyridine rings is 1. The highest BCUT2D eigenvalue weighted by atomic mass is 16.2. The van der Waals surface area contributed by atoms with E-state index in [4.69, 9.17) is 4.98 Å². The number of carbonyl (C=O) groups excluding carboxylic acids is 2. The van der Waals surface area contributed by atoms with Crippen molar-refractivity contribution in [2.75, 3.05) is 31.1 Å². The summed E-state index contributed by atoms with van der Waals surface area (Å²) in [6.45, 7) is 7.12. The molecule has 6 heteroatoms. The molecular weight excluding hydrogens is 388 g/mol. The third-order valence-corrected chi connectivity index (χ3v) is 6.84. The summed E-state index contributed by atoms with van der Waals surface area (Å²) < 4.78 is 0. The molecule has 3 heterocycles. The fourth-order valence-corrected chi connectivity index (χ4v) is 4.87. The summed E-state index contributed by atoms with van der Waals surface area (Å²) in [6, 6.07) is 10.1. The first-order chi connectivity index (χ1) is 15.0. The molecule has 2 aliphatic heterocycles. The number of piperazine rings is 1. The van der Waals surface area contributed by atoms with Crippen LogP contribution in [-0.2, 0) is 4.79 Å². The van der Waals surface area contributed by atoms with Crippen molar-refractivity contribution in [2.45, 2.75) is 51.0 Å². The molecular formula is C25H30N4O2. The molecule has 6 nitrogen and oxygen atoms in total. The van der Waals surface area contributed by atoms with Gasteiger partial charge in [0.1, 0.15) is 5.82 Å². The fourth-order valence-electron chi connectivity index (χ4n) is 4.87. The summed E-state index contributed by atoms with van der Waals surface area (Å²) >= 11 is 0. The van der Waals surface area contributed by atoms with Gasteiger partial charge in [0.2, 0.25) is 5.91 Å². The minimum absolute atomic E-state index is 0.0594. The molecule has 1 aromatic carbocycles. The second-order valence-electron chi connectivity index (χ2n) is 9.28. The number of rotatable bonds is 4. The van der Waals surface area contributed by atoms with Crippen LogP contribution in [0.5, 0.6) is 0 Å². The van der Waals surface area contributed by atoms with Crippen LogP contribution in [-0.4, -0.2) is 53.9 Å². The van der Waals surface area contributed by atoms with E-state index in [0.29, 0.717) is 24.6 Å². The molecule has 31 heavy (non-hydrogen) atoms. The van der Waals surface area contributed by atoms with E-state index < -0.39 is 0 Å². The van der Waals surface area contributed by atoms with Crippen molar-refractivity contribution in [3.63, 3.8) is 0 Å². The molecule has 1 aromatic heterocycles. The van der Waals surface area contributed by atoms with Crippen LogP contribution >= 0.6 is 0 Å². The molecule has 1 saturated carbocycles. The molecule has 3 aliphatic rings. The normalized spacial score (nSPS) is 23.7. The molecule has 2 atom stereocenters. The first-order valence-electron chi connectivity index (χ1n) is 11.4. The van der Waals surface area contributed by atoms with Crippen LogP contribution in [0.4, 0.5) is 5.82 Å². The zero-order valence-corrected chi connectivity index (χ0v) is 18.3. The van der Waals surface area contributed by atoms with E-state index in [1.165, 1.54) is 24.0 Å². The van der Waals surface area contributed by atoms with E-state index in [9.17, 15) is 9.59 Å². The lowest BCUT2D eigenvalue weighted by Gasteiger charge is -2.36. The maximum absolute atomic E-state index is 13.0. The zero-order valence-electron chi connectivity index (χ0n) is 18.3. The topological polar surface area (TPSA) is 65.5 Å². The van der Waals surface area contributed by atoms with Crippen LogP contribution in [0.3, 0.4) is 0 Å². The molecule has 1 N–H and O–H groups in total. The number of aromatic nitrogens is 1. The van der Waals surface area contributed by atoms with E-state index in [-0.39, 0.29) is 23.8 Å². The second-order valence-corrected chi connectivity index (χ2v) is 9.28. The summed E-state index contributed by atoms with van der Waals surface area (Å²) in [5.41, 5.74) is 4.26. The number of nitrogens with one attached hydrogen (secondary N) is 1. The van der Waals surface area contributed by atoms with Crippen LogP contribution in [0.15, 0.2) is 36.5 Å². The average Bonchev–Trinajstić information content (AvgIpc) is 3.57. The number of benzene rings is 1.